The van der Waals surface area contributed by atoms with E-state index < -0.39 is 5.92 Å². The number of aryl methyl sites for hydroxylation is 2. The Hall–Kier alpha value is -3.27. The highest BCUT2D eigenvalue weighted by molar-refractivity contribution is 5.91. The Bertz CT molecular complexity index is 1090. The van der Waals surface area contributed by atoms with Gasteiger partial charge in [0.2, 0.25) is 11.9 Å². The summed E-state index contributed by atoms with van der Waals surface area (Å²) >= 11 is 0. The summed E-state index contributed by atoms with van der Waals surface area (Å²) in [4.78, 5) is 26.0. The van der Waals surface area contributed by atoms with E-state index in [1.54, 1.807) is 6.20 Å². The standard InChI is InChI=1S/C22H24N6O/c1-3-28-18-11-7-6-10-17(18)25-20(28)16(12-23)19-14(2)13-24-22(26-19)27-21(29)15-8-4-5-9-15/h6-7,10-11,13,15-16H,3-5,8-9H2,1-2H3,(H,24,26,27,29). The molecule has 0 aliphatic heterocycles. The second-order valence-electron chi connectivity index (χ2n) is 7.50. The topological polar surface area (TPSA) is 96.5 Å². The van der Waals surface area contributed by atoms with Crippen LogP contribution >= 0.6 is 0 Å². The molecule has 3 aromatic rings. The minimum atomic E-state index is -0.646. The number of imidazole rings is 1. The van der Waals surface area contributed by atoms with Crippen LogP contribution in [0.25, 0.3) is 11.0 Å². The van der Waals surface area contributed by atoms with E-state index in [9.17, 15) is 10.1 Å². The molecule has 1 aliphatic carbocycles. The molecule has 2 aromatic heterocycles. The predicted molar refractivity (Wildman–Crippen MR) is 110 cm³/mol. The Kier molecular flexibility index (Phi) is 5.26. The molecule has 7 nitrogen and oxygen atoms in total. The first kappa shape index (κ1) is 19.1. The van der Waals surface area contributed by atoms with Gasteiger partial charge in [-0.25, -0.2) is 15.0 Å². The fourth-order valence-electron chi connectivity index (χ4n) is 4.10. The third-order valence-electron chi connectivity index (χ3n) is 5.63. The van der Waals surface area contributed by atoms with Crippen LogP contribution in [-0.4, -0.2) is 25.4 Å². The zero-order valence-corrected chi connectivity index (χ0v) is 16.7. The zero-order valence-electron chi connectivity index (χ0n) is 16.7. The molecular formula is C22H24N6O. The third kappa shape index (κ3) is 3.58. The normalized spacial score (nSPS) is 15.3. The number of aromatic nitrogens is 4. The minimum Gasteiger partial charge on any atom is -0.327 e. The first-order chi connectivity index (χ1) is 14.1. The predicted octanol–water partition coefficient (Wildman–Crippen LogP) is 3.94. The van der Waals surface area contributed by atoms with Gasteiger partial charge in [-0.15, -0.1) is 0 Å². The van der Waals surface area contributed by atoms with Crippen LogP contribution in [0.3, 0.4) is 0 Å². The van der Waals surface area contributed by atoms with E-state index >= 15 is 0 Å². The molecule has 4 rings (SSSR count). The second kappa shape index (κ2) is 8.00. The van der Waals surface area contributed by atoms with Crippen molar-refractivity contribution in [2.75, 3.05) is 5.32 Å². The van der Waals surface area contributed by atoms with Gasteiger partial charge in [0.15, 0.2) is 0 Å². The summed E-state index contributed by atoms with van der Waals surface area (Å²) in [6.45, 7) is 4.61. The third-order valence-corrected chi connectivity index (χ3v) is 5.63. The Morgan fingerprint density at radius 1 is 1.31 bits per heavy atom. The number of nitrogens with zero attached hydrogens (tertiary/aromatic N) is 5. The molecule has 0 spiro atoms. The molecule has 0 radical (unpaired) electrons. The van der Waals surface area contributed by atoms with E-state index in [-0.39, 0.29) is 17.8 Å². The lowest BCUT2D eigenvalue weighted by atomic mass is 10.0. The number of amides is 1. The van der Waals surface area contributed by atoms with Crippen molar-refractivity contribution in [3.63, 3.8) is 0 Å². The maximum Gasteiger partial charge on any atom is 0.229 e. The number of nitriles is 1. The average molecular weight is 388 g/mol. The number of nitrogens with one attached hydrogen (secondary N) is 1. The molecule has 1 unspecified atom stereocenters. The van der Waals surface area contributed by atoms with Gasteiger partial charge in [0, 0.05) is 18.7 Å². The molecule has 1 fully saturated rings. The van der Waals surface area contributed by atoms with Crippen LogP contribution in [0.1, 0.15) is 55.6 Å². The number of fused-ring (bicyclic) bond motifs is 1. The van der Waals surface area contributed by atoms with Gasteiger partial charge in [-0.2, -0.15) is 5.26 Å². The van der Waals surface area contributed by atoms with Gasteiger partial charge in [-0.05, 0) is 44.4 Å². The van der Waals surface area contributed by atoms with Crippen molar-refractivity contribution in [1.29, 1.82) is 5.26 Å². The van der Waals surface area contributed by atoms with Crippen LogP contribution in [0, 0.1) is 24.2 Å². The minimum absolute atomic E-state index is 0.0272. The molecule has 1 saturated carbocycles. The van der Waals surface area contributed by atoms with E-state index in [4.69, 9.17) is 4.98 Å². The van der Waals surface area contributed by atoms with E-state index in [0.29, 0.717) is 18.1 Å². The van der Waals surface area contributed by atoms with E-state index in [1.807, 2.05) is 42.7 Å². The number of hydrogen-bond donors (Lipinski definition) is 1. The Labute approximate surface area is 169 Å². The van der Waals surface area contributed by atoms with Gasteiger partial charge in [0.05, 0.1) is 22.8 Å². The smallest absolute Gasteiger partial charge is 0.229 e. The number of carbonyl (C=O) groups excluding carboxylic acids is 1. The largest absolute Gasteiger partial charge is 0.327 e. The number of para-hydroxylation sites is 2. The fourth-order valence-corrected chi connectivity index (χ4v) is 4.10. The summed E-state index contributed by atoms with van der Waals surface area (Å²) in [7, 11) is 0. The molecular weight excluding hydrogens is 364 g/mol. The molecule has 1 amide bonds. The molecule has 0 bridgehead atoms. The number of hydrogen-bond acceptors (Lipinski definition) is 5. The van der Waals surface area contributed by atoms with Crippen molar-refractivity contribution in [1.82, 2.24) is 19.5 Å². The van der Waals surface area contributed by atoms with E-state index in [2.05, 4.69) is 21.4 Å². The molecule has 7 heteroatoms. The number of anilines is 1. The van der Waals surface area contributed by atoms with Crippen molar-refractivity contribution < 1.29 is 4.79 Å². The molecule has 1 N–H and O–H groups in total. The van der Waals surface area contributed by atoms with Gasteiger partial charge in [0.1, 0.15) is 11.7 Å². The lowest BCUT2D eigenvalue weighted by Gasteiger charge is -2.15. The highest BCUT2D eigenvalue weighted by Crippen LogP contribution is 2.29. The van der Waals surface area contributed by atoms with Crippen molar-refractivity contribution in [2.45, 2.75) is 52.0 Å². The molecule has 148 valence electrons. The van der Waals surface area contributed by atoms with Gasteiger partial charge < -0.3 is 4.57 Å². The van der Waals surface area contributed by atoms with Gasteiger partial charge in [-0.3, -0.25) is 10.1 Å². The second-order valence-corrected chi connectivity index (χ2v) is 7.50. The number of carbonyl (C=O) groups is 1. The molecule has 29 heavy (non-hydrogen) atoms. The summed E-state index contributed by atoms with van der Waals surface area (Å²) in [6, 6.07) is 10.2. The summed E-state index contributed by atoms with van der Waals surface area (Å²) in [6.07, 6.45) is 5.65. The maximum absolute atomic E-state index is 12.5. The summed E-state index contributed by atoms with van der Waals surface area (Å²) in [5.74, 6) is 0.256. The van der Waals surface area contributed by atoms with Crippen LogP contribution in [-0.2, 0) is 11.3 Å². The van der Waals surface area contributed by atoms with Crippen molar-refractivity contribution in [3.05, 3.63) is 47.5 Å². The molecule has 1 atom stereocenters. The fraction of sp³-hybridized carbons (Fsp3) is 0.409. The first-order valence-corrected chi connectivity index (χ1v) is 10.1. The number of rotatable bonds is 5. The average Bonchev–Trinajstić information content (AvgIpc) is 3.38. The lowest BCUT2D eigenvalue weighted by Crippen LogP contribution is -2.22. The highest BCUT2D eigenvalue weighted by atomic mass is 16.2. The quantitative estimate of drug-likeness (QED) is 0.714. The summed E-state index contributed by atoms with van der Waals surface area (Å²) in [5, 5.41) is 12.8. The van der Waals surface area contributed by atoms with Crippen molar-refractivity contribution >= 4 is 22.9 Å². The molecule has 2 heterocycles. The summed E-state index contributed by atoms with van der Waals surface area (Å²) < 4.78 is 2.04. The molecule has 1 aliphatic rings. The first-order valence-electron chi connectivity index (χ1n) is 10.1. The lowest BCUT2D eigenvalue weighted by molar-refractivity contribution is -0.119. The number of benzene rings is 1. The van der Waals surface area contributed by atoms with Gasteiger partial charge in [0.25, 0.3) is 0 Å². The van der Waals surface area contributed by atoms with Gasteiger partial charge >= 0.3 is 0 Å². The van der Waals surface area contributed by atoms with E-state index in [0.717, 1.165) is 42.3 Å². The Balaban J connectivity index is 1.71. The zero-order chi connectivity index (χ0) is 20.4. The van der Waals surface area contributed by atoms with Gasteiger partial charge in [-0.1, -0.05) is 25.0 Å². The summed E-state index contributed by atoms with van der Waals surface area (Å²) in [5.41, 5.74) is 3.22. The monoisotopic (exact) mass is 388 g/mol. The maximum atomic E-state index is 12.5. The van der Waals surface area contributed by atoms with Crippen LogP contribution in [0.2, 0.25) is 0 Å². The molecule has 1 aromatic carbocycles. The Morgan fingerprint density at radius 3 is 2.79 bits per heavy atom. The van der Waals surface area contributed by atoms with Crippen LogP contribution in [0.5, 0.6) is 0 Å². The van der Waals surface area contributed by atoms with Crippen molar-refractivity contribution in [2.24, 2.45) is 5.92 Å². The SMILES string of the molecule is CCn1c(C(C#N)c2nc(NC(=O)C3CCCC3)ncc2C)nc2ccccc21. The highest BCUT2D eigenvalue weighted by Gasteiger charge is 2.27. The Morgan fingerprint density at radius 2 is 2.07 bits per heavy atom. The van der Waals surface area contributed by atoms with Crippen LogP contribution < -0.4 is 5.32 Å². The van der Waals surface area contributed by atoms with Crippen LogP contribution in [0.15, 0.2) is 30.5 Å². The molecule has 0 saturated heterocycles. The van der Waals surface area contributed by atoms with Crippen molar-refractivity contribution in [3.8, 4) is 6.07 Å². The van der Waals surface area contributed by atoms with E-state index in [1.165, 1.54) is 0 Å². The van der Waals surface area contributed by atoms with Crippen LogP contribution in [0.4, 0.5) is 5.95 Å².